The normalized spacial score (nSPS) is 24.6. The van der Waals surface area contributed by atoms with Crippen LogP contribution in [-0.2, 0) is 10.0 Å². The molecule has 2 rings (SSSR count). The van der Waals surface area contributed by atoms with E-state index < -0.39 is 22.2 Å². The van der Waals surface area contributed by atoms with Gasteiger partial charge in [-0.05, 0) is 18.9 Å². The van der Waals surface area contributed by atoms with Crippen LogP contribution in [0.25, 0.3) is 0 Å². The molecule has 2 N–H and O–H groups in total. The maximum absolute atomic E-state index is 12.4. The Kier molecular flexibility index (Phi) is 4.07. The number of aliphatic hydroxyl groups excluding tert-OH is 1. The molecule has 0 amide bonds. The zero-order chi connectivity index (χ0) is 14.0. The predicted molar refractivity (Wildman–Crippen MR) is 70.3 cm³/mol. The summed E-state index contributed by atoms with van der Waals surface area (Å²) in [7, 11) is -2.21. The largest absolute Gasteiger partial charge is 0.391 e. The molecule has 0 bridgehead atoms. The number of likely N-dealkylation sites (N-methyl/N-ethyl adjacent to an activating group) is 1. The van der Waals surface area contributed by atoms with Gasteiger partial charge in [-0.15, -0.1) is 0 Å². The molecule has 0 radical (unpaired) electrons. The van der Waals surface area contributed by atoms with Gasteiger partial charge in [-0.2, -0.15) is 4.31 Å². The lowest BCUT2D eigenvalue weighted by Gasteiger charge is -2.34. The molecule has 1 aromatic heterocycles. The monoisotopic (exact) mass is 286 g/mol. The summed E-state index contributed by atoms with van der Waals surface area (Å²) in [5.41, 5.74) is -0.348. The van der Waals surface area contributed by atoms with Crippen LogP contribution in [0.3, 0.4) is 0 Å². The van der Waals surface area contributed by atoms with E-state index in [1.54, 1.807) is 0 Å². The van der Waals surface area contributed by atoms with Gasteiger partial charge < -0.3 is 10.1 Å². The average molecular weight is 286 g/mol. The van der Waals surface area contributed by atoms with Crippen molar-refractivity contribution in [3.05, 3.63) is 28.7 Å². The molecule has 19 heavy (non-hydrogen) atoms. The minimum Gasteiger partial charge on any atom is -0.391 e. The maximum Gasteiger partial charge on any atom is 0.247 e. The Morgan fingerprint density at radius 1 is 1.32 bits per heavy atom. The third kappa shape index (κ3) is 2.88. The van der Waals surface area contributed by atoms with Gasteiger partial charge in [-0.25, -0.2) is 8.42 Å². The first-order valence-electron chi connectivity index (χ1n) is 6.28. The van der Waals surface area contributed by atoms with Gasteiger partial charge in [0.15, 0.2) is 0 Å². The quantitative estimate of drug-likeness (QED) is 0.836. The highest BCUT2D eigenvalue weighted by molar-refractivity contribution is 7.89. The van der Waals surface area contributed by atoms with Crippen LogP contribution in [0.15, 0.2) is 28.0 Å². The van der Waals surface area contributed by atoms with Crippen LogP contribution in [0.5, 0.6) is 0 Å². The Bertz CT molecular complexity index is 575. The van der Waals surface area contributed by atoms with Crippen molar-refractivity contribution in [2.75, 3.05) is 7.05 Å². The van der Waals surface area contributed by atoms with E-state index in [1.807, 2.05) is 0 Å². The van der Waals surface area contributed by atoms with Crippen molar-refractivity contribution in [3.63, 3.8) is 0 Å². The molecule has 106 valence electrons. The number of pyridine rings is 1. The number of hydrogen-bond donors (Lipinski definition) is 2. The topological polar surface area (TPSA) is 90.5 Å². The second kappa shape index (κ2) is 5.44. The standard InChI is InChI=1S/C12H18N2O4S/c1-14(10-4-2-3-5-11(10)15)19(17,18)9-6-7-12(16)13-8-9/h6-8,10-11,15H,2-5H2,1H3,(H,13,16). The molecular formula is C12H18N2O4S. The van der Waals surface area contributed by atoms with Gasteiger partial charge in [-0.3, -0.25) is 4.79 Å². The summed E-state index contributed by atoms with van der Waals surface area (Å²) in [6.07, 6.45) is 3.66. The SMILES string of the molecule is CN(C1CCCCC1O)S(=O)(=O)c1ccc(=O)[nH]c1. The zero-order valence-electron chi connectivity index (χ0n) is 10.7. The summed E-state index contributed by atoms with van der Waals surface area (Å²) in [5.74, 6) is 0. The number of rotatable bonds is 3. The Hall–Kier alpha value is -1.18. The van der Waals surface area contributed by atoms with Gasteiger partial charge in [0.25, 0.3) is 0 Å². The number of nitrogens with zero attached hydrogens (tertiary/aromatic N) is 1. The van der Waals surface area contributed by atoms with E-state index in [-0.39, 0.29) is 10.5 Å². The highest BCUT2D eigenvalue weighted by Gasteiger charge is 2.34. The number of sulfonamides is 1. The summed E-state index contributed by atoms with van der Waals surface area (Å²) in [5, 5.41) is 9.93. The molecule has 1 heterocycles. The molecule has 1 aliphatic rings. The molecule has 2 unspecified atom stereocenters. The highest BCUT2D eigenvalue weighted by atomic mass is 32.2. The Labute approximate surface area is 112 Å². The molecule has 6 nitrogen and oxygen atoms in total. The van der Waals surface area contributed by atoms with Crippen molar-refractivity contribution in [3.8, 4) is 0 Å². The van der Waals surface area contributed by atoms with Crippen LogP contribution in [0.1, 0.15) is 25.7 Å². The summed E-state index contributed by atoms with van der Waals surface area (Å²) < 4.78 is 26.0. The minimum absolute atomic E-state index is 0.0346. The van der Waals surface area contributed by atoms with Gasteiger partial charge in [0.05, 0.1) is 17.0 Å². The Morgan fingerprint density at radius 3 is 2.58 bits per heavy atom. The molecule has 0 saturated heterocycles. The average Bonchev–Trinajstić information content (AvgIpc) is 2.39. The van der Waals surface area contributed by atoms with Crippen LogP contribution < -0.4 is 5.56 Å². The van der Waals surface area contributed by atoms with Crippen LogP contribution >= 0.6 is 0 Å². The first kappa shape index (κ1) is 14.2. The fraction of sp³-hybridized carbons (Fsp3) is 0.583. The van der Waals surface area contributed by atoms with Crippen molar-refractivity contribution in [1.29, 1.82) is 0 Å². The molecule has 0 aliphatic heterocycles. The molecule has 0 spiro atoms. The molecule has 1 aliphatic carbocycles. The lowest BCUT2D eigenvalue weighted by atomic mass is 9.93. The lowest BCUT2D eigenvalue weighted by Crippen LogP contribution is -2.46. The number of hydrogen-bond acceptors (Lipinski definition) is 4. The van der Waals surface area contributed by atoms with Gasteiger partial charge in [-0.1, -0.05) is 12.8 Å². The van der Waals surface area contributed by atoms with E-state index >= 15 is 0 Å². The lowest BCUT2D eigenvalue weighted by molar-refractivity contribution is 0.0638. The third-order valence-electron chi connectivity index (χ3n) is 3.59. The van der Waals surface area contributed by atoms with Gasteiger partial charge in [0, 0.05) is 19.3 Å². The molecule has 1 aromatic rings. The Morgan fingerprint density at radius 2 is 2.00 bits per heavy atom. The highest BCUT2D eigenvalue weighted by Crippen LogP contribution is 2.26. The second-order valence-corrected chi connectivity index (χ2v) is 6.83. The zero-order valence-corrected chi connectivity index (χ0v) is 11.6. The molecular weight excluding hydrogens is 268 g/mol. The van der Waals surface area contributed by atoms with E-state index in [0.717, 1.165) is 12.8 Å². The molecule has 2 atom stereocenters. The molecule has 7 heteroatoms. The van der Waals surface area contributed by atoms with Crippen LogP contribution in [0, 0.1) is 0 Å². The summed E-state index contributed by atoms with van der Waals surface area (Å²) in [4.78, 5) is 13.4. The fourth-order valence-corrected chi connectivity index (χ4v) is 3.80. The fourth-order valence-electron chi connectivity index (χ4n) is 2.42. The summed E-state index contributed by atoms with van der Waals surface area (Å²) in [6.45, 7) is 0. The van der Waals surface area contributed by atoms with E-state index in [1.165, 1.54) is 29.7 Å². The molecule has 1 saturated carbocycles. The van der Waals surface area contributed by atoms with Crippen LogP contribution in [0.4, 0.5) is 0 Å². The predicted octanol–water partition coefficient (Wildman–Crippen LogP) is 0.299. The molecule has 0 aromatic carbocycles. The van der Waals surface area contributed by atoms with Crippen LogP contribution in [0.2, 0.25) is 0 Å². The van der Waals surface area contributed by atoms with Crippen molar-refractivity contribution in [2.24, 2.45) is 0 Å². The first-order chi connectivity index (χ1) is 8.93. The van der Waals surface area contributed by atoms with E-state index in [2.05, 4.69) is 4.98 Å². The number of H-pyrrole nitrogens is 1. The smallest absolute Gasteiger partial charge is 0.247 e. The second-order valence-electron chi connectivity index (χ2n) is 4.83. The van der Waals surface area contributed by atoms with E-state index in [9.17, 15) is 18.3 Å². The van der Waals surface area contributed by atoms with Gasteiger partial charge in [0.2, 0.25) is 15.6 Å². The number of aromatic nitrogens is 1. The van der Waals surface area contributed by atoms with Crippen LogP contribution in [-0.4, -0.2) is 42.0 Å². The maximum atomic E-state index is 12.4. The Balaban J connectivity index is 2.28. The minimum atomic E-state index is -3.69. The number of aromatic amines is 1. The third-order valence-corrected chi connectivity index (χ3v) is 5.47. The van der Waals surface area contributed by atoms with Crippen molar-refractivity contribution in [1.82, 2.24) is 9.29 Å². The van der Waals surface area contributed by atoms with E-state index in [4.69, 9.17) is 0 Å². The van der Waals surface area contributed by atoms with Crippen molar-refractivity contribution in [2.45, 2.75) is 42.7 Å². The van der Waals surface area contributed by atoms with Gasteiger partial charge >= 0.3 is 0 Å². The summed E-state index contributed by atoms with van der Waals surface area (Å²) in [6, 6.07) is 2.06. The van der Waals surface area contributed by atoms with E-state index in [0.29, 0.717) is 12.8 Å². The number of nitrogens with one attached hydrogen (secondary N) is 1. The summed E-state index contributed by atoms with van der Waals surface area (Å²) >= 11 is 0. The molecule has 1 fully saturated rings. The van der Waals surface area contributed by atoms with Crippen molar-refractivity contribution >= 4 is 10.0 Å². The first-order valence-corrected chi connectivity index (χ1v) is 7.72. The number of aliphatic hydroxyl groups is 1. The van der Waals surface area contributed by atoms with Gasteiger partial charge in [0.1, 0.15) is 0 Å². The van der Waals surface area contributed by atoms with Crippen molar-refractivity contribution < 1.29 is 13.5 Å².